The molecule has 1 saturated heterocycles. The minimum atomic E-state index is -6.08. The number of para-hydroxylation sites is 1. The lowest BCUT2D eigenvalue weighted by Gasteiger charge is -2.26. The first-order valence-corrected chi connectivity index (χ1v) is 11.3. The van der Waals surface area contributed by atoms with Crippen molar-refractivity contribution in [3.8, 4) is 0 Å². The van der Waals surface area contributed by atoms with Gasteiger partial charge in [-0.3, -0.25) is 4.79 Å². The van der Waals surface area contributed by atoms with Crippen molar-refractivity contribution in [3.63, 3.8) is 0 Å². The molecule has 30 heavy (non-hydrogen) atoms. The Hall–Kier alpha value is -1.95. The predicted molar refractivity (Wildman–Crippen MR) is 108 cm³/mol. The molecule has 0 radical (unpaired) electrons. The van der Waals surface area contributed by atoms with Gasteiger partial charge in [0.15, 0.2) is 0 Å². The van der Waals surface area contributed by atoms with E-state index in [4.69, 9.17) is 4.74 Å². The topological polar surface area (TPSA) is 84.0 Å². The Balaban J connectivity index is 2.49. The fourth-order valence-electron chi connectivity index (χ4n) is 2.75. The van der Waals surface area contributed by atoms with Crippen LogP contribution < -0.4 is 4.31 Å². The number of hydrogen-bond donors (Lipinski definition) is 0. The van der Waals surface area contributed by atoms with Crippen LogP contribution in [0.2, 0.25) is 0 Å². The van der Waals surface area contributed by atoms with Gasteiger partial charge < -0.3 is 9.64 Å². The third-order valence-electron chi connectivity index (χ3n) is 4.00. The summed E-state index contributed by atoms with van der Waals surface area (Å²) in [5.41, 5.74) is -6.16. The number of benzene rings is 1. The van der Waals surface area contributed by atoms with Gasteiger partial charge in [-0.2, -0.15) is 25.9 Å². The number of nitrogens with zero attached hydrogens (tertiary/aromatic N) is 2. The molecule has 7 nitrogen and oxygen atoms in total. The molecule has 2 rings (SSSR count). The van der Waals surface area contributed by atoms with Crippen molar-refractivity contribution < 1.29 is 35.9 Å². The highest BCUT2D eigenvalue weighted by Crippen LogP contribution is 2.38. The summed E-state index contributed by atoms with van der Waals surface area (Å²) in [4.78, 5) is 26.1. The second-order valence-corrected chi connectivity index (χ2v) is 11.2. The zero-order chi connectivity index (χ0) is 22.9. The summed E-state index contributed by atoms with van der Waals surface area (Å²) >= 11 is 1.08. The van der Waals surface area contributed by atoms with Gasteiger partial charge in [-0.1, -0.05) is 43.8 Å². The summed E-state index contributed by atoms with van der Waals surface area (Å²) in [6, 6.07) is 5.23. The zero-order valence-electron chi connectivity index (χ0n) is 16.9. The second-order valence-electron chi connectivity index (χ2n) is 7.80. The molecule has 1 aliphatic rings. The minimum Gasteiger partial charge on any atom is -0.448 e. The van der Waals surface area contributed by atoms with Crippen LogP contribution in [-0.4, -0.2) is 48.1 Å². The zero-order valence-corrected chi connectivity index (χ0v) is 18.5. The largest absolute Gasteiger partial charge is 0.517 e. The highest BCUT2D eigenvalue weighted by Gasteiger charge is 2.53. The van der Waals surface area contributed by atoms with Crippen molar-refractivity contribution in [1.82, 2.24) is 4.90 Å². The van der Waals surface area contributed by atoms with Gasteiger partial charge in [-0.15, -0.1) is 0 Å². The van der Waals surface area contributed by atoms with Crippen molar-refractivity contribution in [2.75, 3.05) is 17.5 Å². The van der Waals surface area contributed by atoms with E-state index in [1.54, 1.807) is 13.8 Å². The Morgan fingerprint density at radius 3 is 2.40 bits per heavy atom. The van der Waals surface area contributed by atoms with Gasteiger partial charge in [0.1, 0.15) is 0 Å². The standard InChI is InChI=1S/C18H23F3N2O5S2/c1-12(2)10-28-15(24)23(30(26,27)18(19,20)21)14-8-6-5-7-13(14)9-22-11-17(3,4)29-16(22)25/h5-8,12H,9-11H2,1-4H3. The molecule has 2 amide bonds. The molecule has 0 N–H and O–H groups in total. The molecule has 0 saturated carbocycles. The lowest BCUT2D eigenvalue weighted by molar-refractivity contribution is -0.0438. The van der Waals surface area contributed by atoms with E-state index >= 15 is 0 Å². The maximum Gasteiger partial charge on any atom is 0.517 e. The number of amides is 2. The summed E-state index contributed by atoms with van der Waals surface area (Å²) in [5, 5.41) is -0.289. The molecule has 0 spiro atoms. The van der Waals surface area contributed by atoms with Gasteiger partial charge in [-0.25, -0.2) is 4.79 Å². The Bertz CT molecular complexity index is 917. The lowest BCUT2D eigenvalue weighted by Crippen LogP contribution is -2.45. The molecule has 1 fully saturated rings. The number of alkyl halides is 3. The Morgan fingerprint density at radius 2 is 1.90 bits per heavy atom. The average molecular weight is 469 g/mol. The highest BCUT2D eigenvalue weighted by atomic mass is 32.2. The minimum absolute atomic E-state index is 0.0680. The van der Waals surface area contributed by atoms with E-state index in [1.807, 2.05) is 13.8 Å². The first-order chi connectivity index (χ1) is 13.7. The molecule has 12 heteroatoms. The number of ether oxygens (including phenoxy) is 1. The number of carbonyl (C=O) groups is 2. The smallest absolute Gasteiger partial charge is 0.448 e. The number of anilines is 1. The number of hydrogen-bond acceptors (Lipinski definition) is 6. The van der Waals surface area contributed by atoms with Crippen molar-refractivity contribution >= 4 is 38.8 Å². The number of carbonyl (C=O) groups excluding carboxylic acids is 2. The molecule has 1 aliphatic heterocycles. The molecule has 0 bridgehead atoms. The van der Waals surface area contributed by atoms with Crippen molar-refractivity contribution in [2.45, 2.75) is 44.5 Å². The van der Waals surface area contributed by atoms with Crippen LogP contribution in [0, 0.1) is 5.92 Å². The van der Waals surface area contributed by atoms with Gasteiger partial charge in [0.25, 0.3) is 5.24 Å². The maximum absolute atomic E-state index is 13.3. The fraction of sp³-hybridized carbons (Fsp3) is 0.556. The van der Waals surface area contributed by atoms with Gasteiger partial charge in [0, 0.05) is 17.8 Å². The molecule has 1 aromatic rings. The molecule has 0 aliphatic carbocycles. The highest BCUT2D eigenvalue weighted by molar-refractivity contribution is 8.15. The summed E-state index contributed by atoms with van der Waals surface area (Å²) in [6.07, 6.45) is -1.66. The summed E-state index contributed by atoms with van der Waals surface area (Å²) in [6.45, 7) is 6.88. The Labute approximate surface area is 177 Å². The molecule has 0 aromatic heterocycles. The first kappa shape index (κ1) is 24.3. The summed E-state index contributed by atoms with van der Waals surface area (Å²) < 4.78 is 68.4. The number of sulfonamides is 1. The monoisotopic (exact) mass is 468 g/mol. The summed E-state index contributed by atoms with van der Waals surface area (Å²) in [7, 11) is -6.08. The SMILES string of the molecule is CC(C)COC(=O)N(c1ccccc1CN1CC(C)(C)SC1=O)S(=O)(=O)C(F)(F)F. The van der Waals surface area contributed by atoms with Crippen molar-refractivity contribution in [2.24, 2.45) is 5.92 Å². The van der Waals surface area contributed by atoms with E-state index in [0.717, 1.165) is 17.8 Å². The van der Waals surface area contributed by atoms with Crippen LogP contribution in [0.15, 0.2) is 24.3 Å². The van der Waals surface area contributed by atoms with Gasteiger partial charge >= 0.3 is 21.6 Å². The van der Waals surface area contributed by atoms with Crippen LogP contribution in [-0.2, 0) is 21.3 Å². The van der Waals surface area contributed by atoms with E-state index in [0.29, 0.717) is 6.54 Å². The number of rotatable bonds is 6. The molecule has 1 aromatic carbocycles. The van der Waals surface area contributed by atoms with Crippen LogP contribution in [0.25, 0.3) is 0 Å². The predicted octanol–water partition coefficient (Wildman–Crippen LogP) is 4.58. The molecule has 1 heterocycles. The third-order valence-corrected chi connectivity index (χ3v) is 6.53. The molecule has 168 valence electrons. The van der Waals surface area contributed by atoms with Crippen molar-refractivity contribution in [3.05, 3.63) is 29.8 Å². The maximum atomic E-state index is 13.3. The first-order valence-electron chi connectivity index (χ1n) is 9.00. The van der Waals surface area contributed by atoms with Crippen LogP contribution in [0.3, 0.4) is 0 Å². The third kappa shape index (κ3) is 5.39. The van der Waals surface area contributed by atoms with Gasteiger partial charge in [0.05, 0.1) is 12.3 Å². The number of halogens is 3. The van der Waals surface area contributed by atoms with Crippen LogP contribution in [0.5, 0.6) is 0 Å². The normalized spacial score (nSPS) is 16.8. The van der Waals surface area contributed by atoms with E-state index in [9.17, 15) is 31.2 Å². The summed E-state index contributed by atoms with van der Waals surface area (Å²) in [5.74, 6) is -0.221. The van der Waals surface area contributed by atoms with E-state index in [1.165, 1.54) is 23.1 Å². The molecule has 0 atom stereocenters. The lowest BCUT2D eigenvalue weighted by atomic mass is 10.1. The number of thioether (sulfide) groups is 1. The Kier molecular flexibility index (Phi) is 7.02. The molecule has 0 unspecified atom stereocenters. The Morgan fingerprint density at radius 1 is 1.30 bits per heavy atom. The van der Waals surface area contributed by atoms with E-state index in [2.05, 4.69) is 0 Å². The van der Waals surface area contributed by atoms with Crippen LogP contribution in [0.1, 0.15) is 33.3 Å². The van der Waals surface area contributed by atoms with E-state index < -0.39 is 32.1 Å². The fourth-order valence-corrected chi connectivity index (χ4v) is 4.60. The van der Waals surface area contributed by atoms with Gasteiger partial charge in [-0.05, 0) is 31.4 Å². The van der Waals surface area contributed by atoms with Crippen LogP contribution >= 0.6 is 11.8 Å². The quantitative estimate of drug-likeness (QED) is 0.608. The average Bonchev–Trinajstić information content (AvgIpc) is 2.85. The molecular weight excluding hydrogens is 445 g/mol. The van der Waals surface area contributed by atoms with Crippen molar-refractivity contribution in [1.29, 1.82) is 0 Å². The molecular formula is C18H23F3N2O5S2. The van der Waals surface area contributed by atoms with Crippen LogP contribution in [0.4, 0.5) is 28.4 Å². The van der Waals surface area contributed by atoms with Gasteiger partial charge in [0.2, 0.25) is 0 Å². The van der Waals surface area contributed by atoms with E-state index in [-0.39, 0.29) is 34.2 Å². The second kappa shape index (κ2) is 8.66.